The number of anilines is 1. The summed E-state index contributed by atoms with van der Waals surface area (Å²) in [6.07, 6.45) is 0. The molecule has 0 aliphatic heterocycles. The molecule has 0 aliphatic rings. The van der Waals surface area contributed by atoms with Crippen LogP contribution in [0.1, 0.15) is 26.3 Å². The largest absolute Gasteiger partial charge is 0.496 e. The lowest BCUT2D eigenvalue weighted by atomic mass is 10.1. The van der Waals surface area contributed by atoms with Gasteiger partial charge in [0.15, 0.2) is 0 Å². The van der Waals surface area contributed by atoms with Crippen LogP contribution in [0.4, 0.5) is 5.69 Å². The number of ether oxygens (including phenoxy) is 2. The molecule has 1 N–H and O–H groups in total. The normalized spacial score (nSPS) is 9.95. The Morgan fingerprint density at radius 2 is 1.77 bits per heavy atom. The van der Waals surface area contributed by atoms with Crippen LogP contribution in [-0.2, 0) is 4.74 Å². The van der Waals surface area contributed by atoms with E-state index in [0.29, 0.717) is 16.8 Å². The Kier molecular flexibility index (Phi) is 4.78. The Morgan fingerprint density at radius 3 is 2.41 bits per heavy atom. The molecular formula is C17H17NO4. The van der Waals surface area contributed by atoms with Crippen molar-refractivity contribution in [2.75, 3.05) is 19.5 Å². The molecule has 1 amide bonds. The number of methoxy groups -OCH3 is 2. The fraction of sp³-hybridized carbons (Fsp3) is 0.176. The Bertz CT molecular complexity index is 710. The predicted octanol–water partition coefficient (Wildman–Crippen LogP) is 3.04. The maximum atomic E-state index is 12.2. The summed E-state index contributed by atoms with van der Waals surface area (Å²) >= 11 is 0. The van der Waals surface area contributed by atoms with E-state index >= 15 is 0 Å². The highest BCUT2D eigenvalue weighted by molar-refractivity contribution is 6.05. The van der Waals surface area contributed by atoms with E-state index in [-0.39, 0.29) is 5.91 Å². The van der Waals surface area contributed by atoms with E-state index in [4.69, 9.17) is 4.74 Å². The average Bonchev–Trinajstić information content (AvgIpc) is 2.54. The number of hydrogen-bond acceptors (Lipinski definition) is 4. The van der Waals surface area contributed by atoms with Crippen molar-refractivity contribution in [3.63, 3.8) is 0 Å². The average molecular weight is 299 g/mol. The SMILES string of the molecule is COC(=O)c1cccc(NC(=O)c2ccc(OC)c(C)c2)c1. The van der Waals surface area contributed by atoms with E-state index in [1.54, 1.807) is 49.6 Å². The van der Waals surface area contributed by atoms with Crippen molar-refractivity contribution < 1.29 is 19.1 Å². The highest BCUT2D eigenvalue weighted by Gasteiger charge is 2.10. The monoisotopic (exact) mass is 299 g/mol. The molecule has 0 aromatic heterocycles. The van der Waals surface area contributed by atoms with Crippen LogP contribution < -0.4 is 10.1 Å². The first-order valence-electron chi connectivity index (χ1n) is 6.69. The van der Waals surface area contributed by atoms with E-state index in [9.17, 15) is 9.59 Å². The molecule has 5 heteroatoms. The summed E-state index contributed by atoms with van der Waals surface area (Å²) in [6, 6.07) is 11.8. The van der Waals surface area contributed by atoms with Gasteiger partial charge in [0, 0.05) is 11.3 Å². The predicted molar refractivity (Wildman–Crippen MR) is 83.5 cm³/mol. The van der Waals surface area contributed by atoms with Gasteiger partial charge in [-0.1, -0.05) is 6.07 Å². The first kappa shape index (κ1) is 15.6. The first-order chi connectivity index (χ1) is 10.5. The van der Waals surface area contributed by atoms with Crippen LogP contribution in [0.25, 0.3) is 0 Å². The number of rotatable bonds is 4. The van der Waals surface area contributed by atoms with Crippen molar-refractivity contribution in [1.29, 1.82) is 0 Å². The summed E-state index contributed by atoms with van der Waals surface area (Å²) < 4.78 is 9.83. The lowest BCUT2D eigenvalue weighted by Gasteiger charge is -2.09. The smallest absolute Gasteiger partial charge is 0.337 e. The quantitative estimate of drug-likeness (QED) is 0.881. The van der Waals surface area contributed by atoms with Crippen LogP contribution in [0.5, 0.6) is 5.75 Å². The molecule has 0 radical (unpaired) electrons. The van der Waals surface area contributed by atoms with Crippen molar-refractivity contribution in [1.82, 2.24) is 0 Å². The summed E-state index contributed by atoms with van der Waals surface area (Å²) in [6.45, 7) is 1.87. The molecule has 22 heavy (non-hydrogen) atoms. The molecule has 0 heterocycles. The number of carbonyl (C=O) groups is 2. The molecule has 0 saturated carbocycles. The number of benzene rings is 2. The molecular weight excluding hydrogens is 282 g/mol. The van der Waals surface area contributed by atoms with Crippen molar-refractivity contribution in [2.24, 2.45) is 0 Å². The molecule has 0 unspecified atom stereocenters. The number of nitrogens with one attached hydrogen (secondary N) is 1. The summed E-state index contributed by atoms with van der Waals surface area (Å²) in [5, 5.41) is 2.75. The van der Waals surface area contributed by atoms with Crippen molar-refractivity contribution in [3.05, 3.63) is 59.2 Å². The molecule has 0 saturated heterocycles. The maximum Gasteiger partial charge on any atom is 0.337 e. The Balaban J connectivity index is 2.18. The Labute approximate surface area is 128 Å². The van der Waals surface area contributed by atoms with Gasteiger partial charge in [0.25, 0.3) is 5.91 Å². The van der Waals surface area contributed by atoms with Gasteiger partial charge in [-0.3, -0.25) is 4.79 Å². The van der Waals surface area contributed by atoms with Crippen LogP contribution in [-0.4, -0.2) is 26.1 Å². The zero-order valence-electron chi connectivity index (χ0n) is 12.7. The van der Waals surface area contributed by atoms with Gasteiger partial charge in [0.1, 0.15) is 5.75 Å². The van der Waals surface area contributed by atoms with Crippen molar-refractivity contribution in [3.8, 4) is 5.75 Å². The third-order valence-corrected chi connectivity index (χ3v) is 3.20. The molecule has 5 nitrogen and oxygen atoms in total. The van der Waals surface area contributed by atoms with E-state index in [1.807, 2.05) is 6.92 Å². The van der Waals surface area contributed by atoms with Crippen LogP contribution >= 0.6 is 0 Å². The number of amides is 1. The lowest BCUT2D eigenvalue weighted by Crippen LogP contribution is -2.13. The number of hydrogen-bond donors (Lipinski definition) is 1. The topological polar surface area (TPSA) is 64.6 Å². The van der Waals surface area contributed by atoms with E-state index in [2.05, 4.69) is 10.1 Å². The second-order valence-corrected chi connectivity index (χ2v) is 4.71. The van der Waals surface area contributed by atoms with Crippen molar-refractivity contribution >= 4 is 17.6 Å². The minimum atomic E-state index is -0.448. The van der Waals surface area contributed by atoms with Crippen LogP contribution in [0.2, 0.25) is 0 Å². The Morgan fingerprint density at radius 1 is 1.00 bits per heavy atom. The van der Waals surface area contributed by atoms with Gasteiger partial charge in [-0.15, -0.1) is 0 Å². The molecule has 0 atom stereocenters. The minimum absolute atomic E-state index is 0.257. The third-order valence-electron chi connectivity index (χ3n) is 3.20. The van der Waals surface area contributed by atoms with Gasteiger partial charge in [-0.25, -0.2) is 4.79 Å². The van der Waals surface area contributed by atoms with Gasteiger partial charge in [-0.05, 0) is 48.9 Å². The maximum absolute atomic E-state index is 12.2. The highest BCUT2D eigenvalue weighted by Crippen LogP contribution is 2.19. The molecule has 0 spiro atoms. The summed E-state index contributed by atoms with van der Waals surface area (Å²) in [5.41, 5.74) is 2.30. The number of esters is 1. The molecule has 114 valence electrons. The van der Waals surface area contributed by atoms with E-state index < -0.39 is 5.97 Å². The van der Waals surface area contributed by atoms with Crippen LogP contribution in [0, 0.1) is 6.92 Å². The Hall–Kier alpha value is -2.82. The second-order valence-electron chi connectivity index (χ2n) is 4.71. The molecule has 2 aromatic carbocycles. The van der Waals surface area contributed by atoms with Gasteiger partial charge in [0.05, 0.1) is 19.8 Å². The summed E-state index contributed by atoms with van der Waals surface area (Å²) in [4.78, 5) is 23.7. The summed E-state index contributed by atoms with van der Waals surface area (Å²) in [5.74, 6) is 0.0217. The lowest BCUT2D eigenvalue weighted by molar-refractivity contribution is 0.0600. The number of carbonyl (C=O) groups excluding carboxylic acids is 2. The first-order valence-corrected chi connectivity index (χ1v) is 6.69. The van der Waals surface area contributed by atoms with E-state index in [1.165, 1.54) is 7.11 Å². The third kappa shape index (κ3) is 3.44. The fourth-order valence-corrected chi connectivity index (χ4v) is 2.06. The van der Waals surface area contributed by atoms with Crippen LogP contribution in [0.15, 0.2) is 42.5 Å². The molecule has 0 bridgehead atoms. The van der Waals surface area contributed by atoms with Gasteiger partial charge >= 0.3 is 5.97 Å². The molecule has 2 rings (SSSR count). The summed E-state index contributed by atoms with van der Waals surface area (Å²) in [7, 11) is 2.90. The molecule has 2 aromatic rings. The highest BCUT2D eigenvalue weighted by atomic mass is 16.5. The standard InChI is InChI=1S/C17H17NO4/c1-11-9-12(7-8-15(11)21-2)16(19)18-14-6-4-5-13(10-14)17(20)22-3/h4-10H,1-3H3,(H,18,19). The second kappa shape index (κ2) is 6.76. The zero-order chi connectivity index (χ0) is 16.1. The fourth-order valence-electron chi connectivity index (χ4n) is 2.06. The minimum Gasteiger partial charge on any atom is -0.496 e. The van der Waals surface area contributed by atoms with Gasteiger partial charge in [-0.2, -0.15) is 0 Å². The molecule has 0 fully saturated rings. The molecule has 0 aliphatic carbocycles. The van der Waals surface area contributed by atoms with Crippen molar-refractivity contribution in [2.45, 2.75) is 6.92 Å². The van der Waals surface area contributed by atoms with Gasteiger partial charge < -0.3 is 14.8 Å². The van der Waals surface area contributed by atoms with Crippen LogP contribution in [0.3, 0.4) is 0 Å². The van der Waals surface area contributed by atoms with E-state index in [0.717, 1.165) is 11.3 Å². The zero-order valence-corrected chi connectivity index (χ0v) is 12.7. The van der Waals surface area contributed by atoms with Gasteiger partial charge in [0.2, 0.25) is 0 Å². The number of aryl methyl sites for hydroxylation is 1.